The van der Waals surface area contributed by atoms with Crippen molar-refractivity contribution in [2.75, 3.05) is 33.0 Å². The highest BCUT2D eigenvalue weighted by atomic mass is 32.1. The lowest BCUT2D eigenvalue weighted by Crippen LogP contribution is -2.53. The molecular weight excluding hydrogens is 899 g/mol. The molecule has 5 atom stereocenters. The van der Waals surface area contributed by atoms with Crippen LogP contribution < -0.4 is 10.6 Å². The predicted molar refractivity (Wildman–Crippen MR) is 266 cm³/mol. The SMILES string of the molecule is Cc1ccc(C2=NC(CC(=O)NCCCOCCCOCC(=O)N[C@H](C(=O)C3CC(O)C[C@H]3C(=O)CCc3ccc(-c4scnc4C)cc3)C(C)(C)C)c3nnc(C)n3-c3sc(C)c(C)c32)cc1. The number of thiophene rings is 1. The second kappa shape index (κ2) is 22.4. The number of rotatable bonds is 21. The lowest BCUT2D eigenvalue weighted by atomic mass is 9.76. The van der Waals surface area contributed by atoms with Crippen LogP contribution in [0.3, 0.4) is 0 Å². The largest absolute Gasteiger partial charge is 0.393 e. The molecule has 3 aromatic heterocycles. The number of aliphatic hydroxyl groups excluding tert-OH is 1. The summed E-state index contributed by atoms with van der Waals surface area (Å²) in [6, 6.07) is 15.0. The molecular formula is C52H65N7O7S2. The van der Waals surface area contributed by atoms with E-state index in [0.717, 1.165) is 60.5 Å². The molecule has 2 aliphatic rings. The molecule has 2 aromatic carbocycles. The maximum Gasteiger partial charge on any atom is 0.246 e. The molecule has 14 nitrogen and oxygen atoms in total. The summed E-state index contributed by atoms with van der Waals surface area (Å²) in [6.45, 7) is 17.1. The highest BCUT2D eigenvalue weighted by Gasteiger charge is 2.46. The summed E-state index contributed by atoms with van der Waals surface area (Å²) in [4.78, 5) is 66.0. The van der Waals surface area contributed by atoms with Gasteiger partial charge in [0.2, 0.25) is 11.8 Å². The number of Topliss-reactive ketones (excluding diaryl/α,β-unsaturated/α-hetero) is 2. The van der Waals surface area contributed by atoms with E-state index in [1.165, 1.54) is 4.88 Å². The van der Waals surface area contributed by atoms with Gasteiger partial charge in [0.25, 0.3) is 0 Å². The van der Waals surface area contributed by atoms with Crippen LogP contribution in [0.4, 0.5) is 0 Å². The first-order valence-corrected chi connectivity index (χ1v) is 25.3. The first-order chi connectivity index (χ1) is 32.5. The number of aliphatic imine (C=N–C) groups is 1. The Hall–Kier alpha value is -5.26. The zero-order valence-electron chi connectivity index (χ0n) is 40.5. The quantitative estimate of drug-likeness (QED) is 0.0611. The van der Waals surface area contributed by atoms with Crippen molar-refractivity contribution in [1.82, 2.24) is 30.4 Å². The molecule has 1 aliphatic carbocycles. The number of nitrogens with zero attached hydrogens (tertiary/aromatic N) is 5. The van der Waals surface area contributed by atoms with Crippen LogP contribution in [-0.4, -0.2) is 99.1 Å². The fourth-order valence-electron chi connectivity index (χ4n) is 9.08. The number of thiazole rings is 1. The van der Waals surface area contributed by atoms with Crippen LogP contribution in [0, 0.1) is 51.9 Å². The van der Waals surface area contributed by atoms with Crippen molar-refractivity contribution in [3.05, 3.63) is 104 Å². The molecule has 0 radical (unpaired) electrons. The molecule has 16 heteroatoms. The van der Waals surface area contributed by atoms with Gasteiger partial charge in [0.1, 0.15) is 29.3 Å². The molecule has 0 saturated heterocycles. The van der Waals surface area contributed by atoms with Gasteiger partial charge < -0.3 is 25.2 Å². The van der Waals surface area contributed by atoms with Crippen LogP contribution in [-0.2, 0) is 35.1 Å². The van der Waals surface area contributed by atoms with Gasteiger partial charge in [0.15, 0.2) is 11.6 Å². The maximum absolute atomic E-state index is 14.1. The fourth-order valence-corrected chi connectivity index (χ4v) is 11.1. The van der Waals surface area contributed by atoms with E-state index in [4.69, 9.17) is 14.5 Å². The third kappa shape index (κ3) is 12.1. The monoisotopic (exact) mass is 963 g/mol. The van der Waals surface area contributed by atoms with E-state index < -0.39 is 41.3 Å². The number of ether oxygens (including phenoxy) is 2. The van der Waals surface area contributed by atoms with Crippen molar-refractivity contribution < 1.29 is 33.8 Å². The minimum Gasteiger partial charge on any atom is -0.393 e. The van der Waals surface area contributed by atoms with Crippen molar-refractivity contribution in [2.24, 2.45) is 22.2 Å². The van der Waals surface area contributed by atoms with Crippen molar-refractivity contribution in [3.8, 4) is 15.4 Å². The van der Waals surface area contributed by atoms with E-state index in [2.05, 4.69) is 70.9 Å². The molecule has 0 spiro atoms. The van der Waals surface area contributed by atoms with Gasteiger partial charge in [0, 0.05) is 60.6 Å². The van der Waals surface area contributed by atoms with E-state index in [1.807, 2.05) is 69.0 Å². The molecule has 362 valence electrons. The summed E-state index contributed by atoms with van der Waals surface area (Å²) in [5.41, 5.74) is 9.49. The Morgan fingerprint density at radius 2 is 1.56 bits per heavy atom. The van der Waals surface area contributed by atoms with Crippen LogP contribution in [0.25, 0.3) is 15.4 Å². The minimum atomic E-state index is -0.862. The summed E-state index contributed by atoms with van der Waals surface area (Å²) < 4.78 is 13.5. The number of aryl methyl sites for hydroxylation is 5. The first kappa shape index (κ1) is 50.6. The van der Waals surface area contributed by atoms with E-state index >= 15 is 0 Å². The number of aromatic nitrogens is 4. The number of hydrogen-bond donors (Lipinski definition) is 3. The highest BCUT2D eigenvalue weighted by molar-refractivity contribution is 7.15. The number of aliphatic hydroxyl groups is 1. The van der Waals surface area contributed by atoms with E-state index in [1.54, 1.807) is 22.7 Å². The Bertz CT molecular complexity index is 2610. The summed E-state index contributed by atoms with van der Waals surface area (Å²) in [6.07, 6.45) is 1.73. The van der Waals surface area contributed by atoms with E-state index in [0.29, 0.717) is 44.8 Å². The van der Waals surface area contributed by atoms with Crippen molar-refractivity contribution in [3.63, 3.8) is 0 Å². The number of nitrogens with one attached hydrogen (secondary N) is 2. The van der Waals surface area contributed by atoms with Crippen LogP contribution in [0.5, 0.6) is 0 Å². The molecule has 0 bridgehead atoms. The minimum absolute atomic E-state index is 0.0466. The van der Waals surface area contributed by atoms with Crippen LogP contribution >= 0.6 is 22.7 Å². The van der Waals surface area contributed by atoms with Crippen LogP contribution in [0.1, 0.15) is 115 Å². The third-order valence-corrected chi connectivity index (χ3v) is 15.1. The standard InChI is InChI=1S/C52H65N7O7S2/c1-30-11-16-36(17-12-30)46-45-31(2)33(4)68-51(45)59-34(5)57-58-50(59)41(55-46)27-43(62)53-21-9-22-65-23-10-24-66-28-44(63)56-49(52(6,7)8)47(64)40-26-38(60)25-39(40)42(61)20-15-35-13-18-37(19-14-35)48-32(3)54-29-67-48/h11-14,16-19,29,38-41,49,60H,9-10,15,20-28H2,1-8H3,(H,53,62)(H,56,63)/t38?,39-,40?,41?,49-/m1/s1. The zero-order valence-corrected chi connectivity index (χ0v) is 42.2. The van der Waals surface area contributed by atoms with Crippen LogP contribution in [0.2, 0.25) is 0 Å². The number of amides is 2. The fraction of sp³-hybridized carbons (Fsp3) is 0.500. The molecule has 5 aromatic rings. The van der Waals surface area contributed by atoms with Gasteiger partial charge in [-0.25, -0.2) is 4.98 Å². The zero-order chi connectivity index (χ0) is 48.7. The Morgan fingerprint density at radius 1 is 0.868 bits per heavy atom. The molecule has 68 heavy (non-hydrogen) atoms. The average molecular weight is 964 g/mol. The molecule has 3 unspecified atom stereocenters. The van der Waals surface area contributed by atoms with Gasteiger partial charge >= 0.3 is 0 Å². The number of benzene rings is 2. The van der Waals surface area contributed by atoms with Crippen LogP contribution in [0.15, 0.2) is 59.0 Å². The molecule has 7 rings (SSSR count). The smallest absolute Gasteiger partial charge is 0.246 e. The molecule has 3 N–H and O–H groups in total. The van der Waals surface area contributed by atoms with Gasteiger partial charge in [-0.05, 0) is 88.8 Å². The van der Waals surface area contributed by atoms with Crippen molar-refractivity contribution >= 4 is 51.8 Å². The summed E-state index contributed by atoms with van der Waals surface area (Å²) in [5.74, 6) is -0.745. The predicted octanol–water partition coefficient (Wildman–Crippen LogP) is 7.90. The number of carbonyl (C=O) groups excluding carboxylic acids is 4. The Labute approximate surface area is 407 Å². The Morgan fingerprint density at radius 3 is 2.26 bits per heavy atom. The van der Waals surface area contributed by atoms with Gasteiger partial charge in [0.05, 0.1) is 40.4 Å². The number of carbonyl (C=O) groups is 4. The number of hydrogen-bond acceptors (Lipinski definition) is 13. The van der Waals surface area contributed by atoms with E-state index in [9.17, 15) is 24.3 Å². The lowest BCUT2D eigenvalue weighted by molar-refractivity contribution is -0.137. The topological polar surface area (TPSA) is 187 Å². The normalized spacial score (nSPS) is 18.3. The number of ketones is 2. The van der Waals surface area contributed by atoms with Gasteiger partial charge in [-0.3, -0.25) is 28.7 Å². The second-order valence-electron chi connectivity index (χ2n) is 19.2. The molecule has 1 fully saturated rings. The summed E-state index contributed by atoms with van der Waals surface area (Å²) in [5, 5.41) is 26.5. The van der Waals surface area contributed by atoms with Gasteiger partial charge in [-0.2, -0.15) is 0 Å². The summed E-state index contributed by atoms with van der Waals surface area (Å²) >= 11 is 3.28. The molecule has 2 amide bonds. The molecule has 1 aliphatic heterocycles. The highest BCUT2D eigenvalue weighted by Crippen LogP contribution is 2.40. The summed E-state index contributed by atoms with van der Waals surface area (Å²) in [7, 11) is 0. The van der Waals surface area contributed by atoms with Crippen molar-refractivity contribution in [2.45, 2.75) is 119 Å². The van der Waals surface area contributed by atoms with Gasteiger partial charge in [-0.1, -0.05) is 74.9 Å². The average Bonchev–Trinajstić information content (AvgIpc) is 4.07. The Balaban J connectivity index is 0.814. The van der Waals surface area contributed by atoms with E-state index in [-0.39, 0.29) is 56.4 Å². The van der Waals surface area contributed by atoms with Crippen molar-refractivity contribution in [1.29, 1.82) is 0 Å². The molecule has 4 heterocycles. The first-order valence-electron chi connectivity index (χ1n) is 23.6. The molecule has 1 saturated carbocycles. The lowest BCUT2D eigenvalue weighted by Gasteiger charge is -2.33. The van der Waals surface area contributed by atoms with Gasteiger partial charge in [-0.15, -0.1) is 32.9 Å². The third-order valence-electron chi connectivity index (χ3n) is 12.9. The second-order valence-corrected chi connectivity index (χ2v) is 21.3. The Kier molecular flexibility index (Phi) is 16.7. The maximum atomic E-state index is 14.1. The number of fused-ring (bicyclic) bond motifs is 3.